The second kappa shape index (κ2) is 6.44. The van der Waals surface area contributed by atoms with Crippen LogP contribution in [0.5, 0.6) is 0 Å². The van der Waals surface area contributed by atoms with Gasteiger partial charge in [0.25, 0.3) is 0 Å². The summed E-state index contributed by atoms with van der Waals surface area (Å²) in [4.78, 5) is 13.8. The minimum atomic E-state index is -0.565. The van der Waals surface area contributed by atoms with Gasteiger partial charge in [-0.15, -0.1) is 11.6 Å². The van der Waals surface area contributed by atoms with Crippen molar-refractivity contribution in [2.45, 2.75) is 12.3 Å². The molecule has 2 rings (SSSR count). The number of hydrogen-bond acceptors (Lipinski definition) is 2. The topological polar surface area (TPSA) is 32.3 Å². The van der Waals surface area contributed by atoms with Crippen LogP contribution in [0.3, 0.4) is 0 Å². The van der Waals surface area contributed by atoms with Gasteiger partial charge in [-0.25, -0.2) is 0 Å². The summed E-state index contributed by atoms with van der Waals surface area (Å²) in [6, 6.07) is 17.6. The molecule has 1 unspecified atom stereocenters. The second-order valence-electron chi connectivity index (χ2n) is 4.52. The highest BCUT2D eigenvalue weighted by Gasteiger charge is 2.13. The van der Waals surface area contributed by atoms with Gasteiger partial charge in [0.05, 0.1) is 11.4 Å². The molecule has 0 bridgehead atoms. The largest absolute Gasteiger partial charge is 0.343 e. The Bertz CT molecular complexity index is 584. The van der Waals surface area contributed by atoms with Crippen molar-refractivity contribution in [3.05, 3.63) is 54.6 Å². The van der Waals surface area contributed by atoms with Crippen LogP contribution >= 0.6 is 11.6 Å². The number of alkyl halides is 1. The van der Waals surface area contributed by atoms with Gasteiger partial charge in [-0.05, 0) is 31.2 Å². The molecule has 2 aromatic carbocycles. The molecule has 0 spiro atoms. The highest BCUT2D eigenvalue weighted by molar-refractivity contribution is 6.32. The van der Waals surface area contributed by atoms with E-state index < -0.39 is 5.38 Å². The molecule has 2 aromatic rings. The summed E-state index contributed by atoms with van der Waals surface area (Å²) in [5.74, 6) is -0.208. The number of nitrogens with zero attached hydrogens (tertiary/aromatic N) is 1. The number of carbonyl (C=O) groups is 1. The number of rotatable bonds is 4. The van der Waals surface area contributed by atoms with Crippen molar-refractivity contribution in [1.82, 2.24) is 0 Å². The SMILES string of the molecule is CC(Cl)C(=O)Nc1ccccc1N(C)c1ccccc1. The van der Waals surface area contributed by atoms with Crippen molar-refractivity contribution in [3.63, 3.8) is 0 Å². The number of benzene rings is 2. The Morgan fingerprint density at radius 3 is 2.35 bits per heavy atom. The fraction of sp³-hybridized carbons (Fsp3) is 0.188. The van der Waals surface area contributed by atoms with Crippen LogP contribution in [0.15, 0.2) is 54.6 Å². The molecule has 1 N–H and O–H groups in total. The summed E-state index contributed by atoms with van der Waals surface area (Å²) in [6.45, 7) is 1.65. The lowest BCUT2D eigenvalue weighted by Gasteiger charge is -2.23. The molecule has 104 valence electrons. The fourth-order valence-corrected chi connectivity index (χ4v) is 1.95. The van der Waals surface area contributed by atoms with E-state index >= 15 is 0 Å². The third-order valence-electron chi connectivity index (χ3n) is 3.03. The maximum atomic E-state index is 11.8. The molecule has 0 aliphatic heterocycles. The van der Waals surface area contributed by atoms with Crippen molar-refractivity contribution >= 4 is 34.6 Å². The maximum absolute atomic E-state index is 11.8. The summed E-state index contributed by atoms with van der Waals surface area (Å²) in [5, 5.41) is 2.28. The number of halogens is 1. The molecule has 0 fully saturated rings. The van der Waals surface area contributed by atoms with Crippen LogP contribution < -0.4 is 10.2 Å². The van der Waals surface area contributed by atoms with Crippen LogP contribution in [0.4, 0.5) is 17.1 Å². The Morgan fingerprint density at radius 2 is 1.70 bits per heavy atom. The van der Waals surface area contributed by atoms with E-state index in [-0.39, 0.29) is 5.91 Å². The van der Waals surface area contributed by atoms with Gasteiger partial charge in [0.2, 0.25) is 5.91 Å². The Balaban J connectivity index is 2.30. The predicted molar refractivity (Wildman–Crippen MR) is 84.9 cm³/mol. The molecular weight excluding hydrogens is 272 g/mol. The number of amides is 1. The zero-order valence-electron chi connectivity index (χ0n) is 11.5. The van der Waals surface area contributed by atoms with Gasteiger partial charge >= 0.3 is 0 Å². The summed E-state index contributed by atoms with van der Waals surface area (Å²) in [7, 11) is 1.96. The molecule has 0 radical (unpaired) electrons. The average molecular weight is 289 g/mol. The summed E-state index contributed by atoms with van der Waals surface area (Å²) < 4.78 is 0. The summed E-state index contributed by atoms with van der Waals surface area (Å²) in [6.07, 6.45) is 0. The molecule has 0 aliphatic rings. The minimum absolute atomic E-state index is 0.208. The lowest BCUT2D eigenvalue weighted by Crippen LogP contribution is -2.22. The first-order valence-corrected chi connectivity index (χ1v) is 6.86. The van der Waals surface area contributed by atoms with Crippen molar-refractivity contribution < 1.29 is 4.79 Å². The van der Waals surface area contributed by atoms with E-state index in [1.54, 1.807) is 6.92 Å². The predicted octanol–water partition coefficient (Wildman–Crippen LogP) is 4.02. The van der Waals surface area contributed by atoms with Gasteiger partial charge in [-0.1, -0.05) is 30.3 Å². The van der Waals surface area contributed by atoms with Crippen LogP contribution in [0.25, 0.3) is 0 Å². The van der Waals surface area contributed by atoms with Gasteiger partial charge in [-0.3, -0.25) is 4.79 Å². The van der Waals surface area contributed by atoms with Crippen LogP contribution in [-0.4, -0.2) is 18.3 Å². The highest BCUT2D eigenvalue weighted by Crippen LogP contribution is 2.30. The molecule has 0 aliphatic carbocycles. The zero-order valence-corrected chi connectivity index (χ0v) is 12.3. The molecule has 1 amide bonds. The van der Waals surface area contributed by atoms with Crippen LogP contribution in [0, 0.1) is 0 Å². The molecule has 20 heavy (non-hydrogen) atoms. The van der Waals surface area contributed by atoms with Gasteiger partial charge in [-0.2, -0.15) is 0 Å². The number of anilines is 3. The first kappa shape index (κ1) is 14.4. The molecule has 3 nitrogen and oxygen atoms in total. The van der Waals surface area contributed by atoms with Crippen LogP contribution in [-0.2, 0) is 4.79 Å². The third-order valence-corrected chi connectivity index (χ3v) is 3.23. The van der Waals surface area contributed by atoms with Crippen LogP contribution in [0.1, 0.15) is 6.92 Å². The molecule has 0 saturated heterocycles. The van der Waals surface area contributed by atoms with E-state index in [9.17, 15) is 4.79 Å². The van der Waals surface area contributed by atoms with E-state index in [0.717, 1.165) is 17.1 Å². The molecule has 0 heterocycles. The van der Waals surface area contributed by atoms with E-state index in [0.29, 0.717) is 0 Å². The van der Waals surface area contributed by atoms with Gasteiger partial charge in [0, 0.05) is 12.7 Å². The lowest BCUT2D eigenvalue weighted by atomic mass is 10.2. The fourth-order valence-electron chi connectivity index (χ4n) is 1.89. The molecular formula is C16H17ClN2O. The second-order valence-corrected chi connectivity index (χ2v) is 5.17. The smallest absolute Gasteiger partial charge is 0.242 e. The number of nitrogens with one attached hydrogen (secondary N) is 1. The van der Waals surface area contributed by atoms with E-state index in [2.05, 4.69) is 5.32 Å². The number of carbonyl (C=O) groups excluding carboxylic acids is 1. The normalized spacial score (nSPS) is 11.8. The monoisotopic (exact) mass is 288 g/mol. The van der Waals surface area contributed by atoms with Gasteiger partial charge in [0.1, 0.15) is 5.38 Å². The van der Waals surface area contributed by atoms with E-state index in [4.69, 9.17) is 11.6 Å². The Morgan fingerprint density at radius 1 is 1.10 bits per heavy atom. The summed E-state index contributed by atoms with van der Waals surface area (Å²) >= 11 is 5.80. The molecule has 1 atom stereocenters. The maximum Gasteiger partial charge on any atom is 0.242 e. The van der Waals surface area contributed by atoms with Crippen molar-refractivity contribution in [1.29, 1.82) is 0 Å². The first-order chi connectivity index (χ1) is 9.59. The Hall–Kier alpha value is -2.00. The standard InChI is InChI=1S/C16H17ClN2O/c1-12(17)16(20)18-14-10-6-7-11-15(14)19(2)13-8-4-3-5-9-13/h3-12H,1-2H3,(H,18,20). The van der Waals surface area contributed by atoms with E-state index in [1.807, 2.05) is 66.5 Å². The van der Waals surface area contributed by atoms with E-state index in [1.165, 1.54) is 0 Å². The molecule has 0 aromatic heterocycles. The van der Waals surface area contributed by atoms with Gasteiger partial charge < -0.3 is 10.2 Å². The van der Waals surface area contributed by atoms with Gasteiger partial charge in [0.15, 0.2) is 0 Å². The lowest BCUT2D eigenvalue weighted by molar-refractivity contribution is -0.115. The number of para-hydroxylation sites is 3. The zero-order chi connectivity index (χ0) is 14.5. The minimum Gasteiger partial charge on any atom is -0.343 e. The Labute approximate surface area is 124 Å². The first-order valence-electron chi connectivity index (χ1n) is 6.42. The van der Waals surface area contributed by atoms with Crippen LogP contribution in [0.2, 0.25) is 0 Å². The highest BCUT2D eigenvalue weighted by atomic mass is 35.5. The Kier molecular flexibility index (Phi) is 4.64. The third kappa shape index (κ3) is 3.31. The number of hydrogen-bond donors (Lipinski definition) is 1. The quantitative estimate of drug-likeness (QED) is 0.862. The molecule has 4 heteroatoms. The van der Waals surface area contributed by atoms with Crippen molar-refractivity contribution in [3.8, 4) is 0 Å². The molecule has 0 saturated carbocycles. The average Bonchev–Trinajstić information content (AvgIpc) is 2.48. The van der Waals surface area contributed by atoms with Crippen molar-refractivity contribution in [2.75, 3.05) is 17.3 Å². The summed E-state index contributed by atoms with van der Waals surface area (Å²) in [5.41, 5.74) is 2.72. The van der Waals surface area contributed by atoms with Crippen molar-refractivity contribution in [2.24, 2.45) is 0 Å².